The molecule has 4 nitrogen and oxygen atoms in total. The maximum absolute atomic E-state index is 5.38. The highest BCUT2D eigenvalue weighted by molar-refractivity contribution is 9.10. The zero-order valence-corrected chi connectivity index (χ0v) is 17.4. The van der Waals surface area contributed by atoms with Gasteiger partial charge in [-0.1, -0.05) is 64.5 Å². The number of thiazole rings is 1. The minimum absolute atomic E-state index is 0.701. The Morgan fingerprint density at radius 2 is 1.82 bits per heavy atom. The zero-order valence-electron chi connectivity index (χ0n) is 15.0. The van der Waals surface area contributed by atoms with Gasteiger partial charge in [-0.15, -0.1) is 11.3 Å². The largest absolute Gasteiger partial charge is 0.463 e. The van der Waals surface area contributed by atoms with Crippen LogP contribution in [0, 0.1) is 0 Å². The van der Waals surface area contributed by atoms with Crippen molar-refractivity contribution in [1.82, 2.24) is 4.68 Å². The topological polar surface area (TPSA) is 42.8 Å². The van der Waals surface area contributed by atoms with Crippen LogP contribution >= 0.6 is 27.3 Å². The van der Waals surface area contributed by atoms with Crippen LogP contribution in [0.5, 0.6) is 0 Å². The number of halogens is 1. The standard InChI is InChI=1S/C22H18BrN3OS/c23-20-11-5-4-10-19(20)21-16-28-22(24-13-12-17-7-2-1-3-8-17)26(21)25-15-18-9-6-14-27-18/h1-11,14-16H,12-13H2. The minimum Gasteiger partial charge on any atom is -0.463 e. The van der Waals surface area contributed by atoms with Crippen molar-refractivity contribution >= 4 is 33.5 Å². The van der Waals surface area contributed by atoms with Crippen LogP contribution < -0.4 is 4.80 Å². The predicted molar refractivity (Wildman–Crippen MR) is 118 cm³/mol. The van der Waals surface area contributed by atoms with Crippen molar-refractivity contribution in [2.45, 2.75) is 6.42 Å². The van der Waals surface area contributed by atoms with Crippen molar-refractivity contribution in [3.8, 4) is 11.3 Å². The lowest BCUT2D eigenvalue weighted by Gasteiger charge is -2.05. The lowest BCUT2D eigenvalue weighted by atomic mass is 10.2. The van der Waals surface area contributed by atoms with Crippen LogP contribution in [0.2, 0.25) is 0 Å². The summed E-state index contributed by atoms with van der Waals surface area (Å²) < 4.78 is 8.27. The number of hydrogen-bond acceptors (Lipinski definition) is 4. The van der Waals surface area contributed by atoms with E-state index in [0.717, 1.165) is 27.0 Å². The van der Waals surface area contributed by atoms with Crippen molar-refractivity contribution in [3.05, 3.63) is 99.0 Å². The van der Waals surface area contributed by atoms with Crippen molar-refractivity contribution in [2.75, 3.05) is 6.54 Å². The Morgan fingerprint density at radius 3 is 2.61 bits per heavy atom. The second kappa shape index (κ2) is 8.99. The third kappa shape index (κ3) is 4.40. The summed E-state index contributed by atoms with van der Waals surface area (Å²) in [4.78, 5) is 5.65. The zero-order chi connectivity index (χ0) is 19.2. The fourth-order valence-corrected chi connectivity index (χ4v) is 4.12. The second-order valence-electron chi connectivity index (χ2n) is 6.07. The first-order valence-electron chi connectivity index (χ1n) is 8.89. The summed E-state index contributed by atoms with van der Waals surface area (Å²) in [6, 6.07) is 22.2. The molecule has 0 aliphatic carbocycles. The molecule has 0 saturated heterocycles. The highest BCUT2D eigenvalue weighted by Gasteiger charge is 2.10. The van der Waals surface area contributed by atoms with Crippen molar-refractivity contribution in [2.24, 2.45) is 10.1 Å². The summed E-state index contributed by atoms with van der Waals surface area (Å²) in [6.07, 6.45) is 4.24. The molecule has 0 bridgehead atoms. The van der Waals surface area contributed by atoms with Gasteiger partial charge >= 0.3 is 0 Å². The van der Waals surface area contributed by atoms with E-state index in [1.807, 2.05) is 41.1 Å². The van der Waals surface area contributed by atoms with E-state index in [1.165, 1.54) is 5.56 Å². The van der Waals surface area contributed by atoms with Crippen LogP contribution in [0.3, 0.4) is 0 Å². The van der Waals surface area contributed by atoms with E-state index in [0.29, 0.717) is 12.3 Å². The van der Waals surface area contributed by atoms with Gasteiger partial charge in [0, 0.05) is 22.0 Å². The van der Waals surface area contributed by atoms with E-state index in [1.54, 1.807) is 23.8 Å². The Hall–Kier alpha value is -2.70. The van der Waals surface area contributed by atoms with E-state index < -0.39 is 0 Å². The number of aromatic nitrogens is 1. The van der Waals surface area contributed by atoms with Gasteiger partial charge in [0.25, 0.3) is 0 Å². The predicted octanol–water partition coefficient (Wildman–Crippen LogP) is 5.60. The first-order valence-corrected chi connectivity index (χ1v) is 10.6. The summed E-state index contributed by atoms with van der Waals surface area (Å²) in [7, 11) is 0. The number of rotatable bonds is 6. The molecule has 6 heteroatoms. The summed E-state index contributed by atoms with van der Waals surface area (Å²) in [5.41, 5.74) is 3.33. The number of hydrogen-bond donors (Lipinski definition) is 0. The molecule has 4 rings (SSSR count). The van der Waals surface area contributed by atoms with Gasteiger partial charge in [0.2, 0.25) is 4.80 Å². The molecule has 0 radical (unpaired) electrons. The summed E-state index contributed by atoms with van der Waals surface area (Å²) >= 11 is 5.22. The molecule has 2 heterocycles. The first-order chi connectivity index (χ1) is 13.8. The molecule has 0 N–H and O–H groups in total. The molecule has 0 saturated carbocycles. The SMILES string of the molecule is Brc1ccccc1-c1csc(=NCCc2ccccc2)n1N=Cc1ccco1. The van der Waals surface area contributed by atoms with E-state index in [9.17, 15) is 0 Å². The average Bonchev–Trinajstić information content (AvgIpc) is 3.38. The van der Waals surface area contributed by atoms with E-state index >= 15 is 0 Å². The van der Waals surface area contributed by atoms with Crippen LogP contribution in [0.4, 0.5) is 0 Å². The lowest BCUT2D eigenvalue weighted by molar-refractivity contribution is 0.559. The molecule has 0 aliphatic heterocycles. The van der Waals surface area contributed by atoms with Crippen LogP contribution in [0.1, 0.15) is 11.3 Å². The highest BCUT2D eigenvalue weighted by Crippen LogP contribution is 2.28. The first kappa shape index (κ1) is 18.7. The van der Waals surface area contributed by atoms with E-state index in [4.69, 9.17) is 9.41 Å². The van der Waals surface area contributed by atoms with Gasteiger partial charge < -0.3 is 4.42 Å². The van der Waals surface area contributed by atoms with Crippen LogP contribution in [-0.2, 0) is 6.42 Å². The molecule has 0 aliphatic rings. The van der Waals surface area contributed by atoms with Gasteiger partial charge in [0.1, 0.15) is 5.76 Å². The molecule has 0 unspecified atom stereocenters. The van der Waals surface area contributed by atoms with Gasteiger partial charge in [0.15, 0.2) is 0 Å². The quantitative estimate of drug-likeness (QED) is 0.352. The molecule has 140 valence electrons. The fourth-order valence-electron chi connectivity index (χ4n) is 2.78. The van der Waals surface area contributed by atoms with E-state index in [-0.39, 0.29) is 0 Å². The van der Waals surface area contributed by atoms with Gasteiger partial charge in [0.05, 0.1) is 18.2 Å². The Kier molecular flexibility index (Phi) is 5.99. The molecule has 2 aromatic carbocycles. The smallest absolute Gasteiger partial charge is 0.206 e. The van der Waals surface area contributed by atoms with Gasteiger partial charge in [-0.05, 0) is 30.2 Å². The minimum atomic E-state index is 0.701. The average molecular weight is 452 g/mol. The molecule has 0 spiro atoms. The monoisotopic (exact) mass is 451 g/mol. The molecule has 0 fully saturated rings. The van der Waals surface area contributed by atoms with Crippen molar-refractivity contribution < 1.29 is 4.42 Å². The molecule has 28 heavy (non-hydrogen) atoms. The van der Waals surface area contributed by atoms with Gasteiger partial charge in [-0.3, -0.25) is 4.99 Å². The number of benzene rings is 2. The van der Waals surface area contributed by atoms with E-state index in [2.05, 4.69) is 56.7 Å². The summed E-state index contributed by atoms with van der Waals surface area (Å²) in [6.45, 7) is 0.705. The lowest BCUT2D eigenvalue weighted by Crippen LogP contribution is -2.13. The molecular weight excluding hydrogens is 434 g/mol. The van der Waals surface area contributed by atoms with Crippen LogP contribution in [0.25, 0.3) is 11.3 Å². The van der Waals surface area contributed by atoms with Crippen molar-refractivity contribution in [3.63, 3.8) is 0 Å². The highest BCUT2D eigenvalue weighted by atomic mass is 79.9. The Bertz CT molecular complexity index is 1130. The summed E-state index contributed by atoms with van der Waals surface area (Å²) in [5.74, 6) is 0.701. The second-order valence-corrected chi connectivity index (χ2v) is 7.76. The summed E-state index contributed by atoms with van der Waals surface area (Å²) in [5, 5.41) is 6.73. The maximum Gasteiger partial charge on any atom is 0.206 e. The van der Waals surface area contributed by atoms with Crippen molar-refractivity contribution in [1.29, 1.82) is 0 Å². The number of nitrogens with zero attached hydrogens (tertiary/aromatic N) is 3. The third-order valence-corrected chi connectivity index (χ3v) is 5.71. The molecular formula is C22H18BrN3OS. The van der Waals surface area contributed by atoms with Crippen LogP contribution in [0.15, 0.2) is 97.4 Å². The third-order valence-electron chi connectivity index (χ3n) is 4.17. The van der Waals surface area contributed by atoms with Gasteiger partial charge in [-0.2, -0.15) is 5.10 Å². The van der Waals surface area contributed by atoms with Gasteiger partial charge in [-0.25, -0.2) is 4.68 Å². The molecule has 2 aromatic heterocycles. The number of furan rings is 1. The maximum atomic E-state index is 5.38. The Labute approximate surface area is 175 Å². The molecule has 4 aromatic rings. The van der Waals surface area contributed by atoms with Crippen LogP contribution in [-0.4, -0.2) is 17.4 Å². The Morgan fingerprint density at radius 1 is 1.00 bits per heavy atom. The fraction of sp³-hybridized carbons (Fsp3) is 0.0909. The Balaban J connectivity index is 1.69. The molecule has 0 amide bonds. The molecule has 0 atom stereocenters. The normalized spacial score (nSPS) is 12.1.